The van der Waals surface area contributed by atoms with E-state index in [9.17, 15) is 9.59 Å². The van der Waals surface area contributed by atoms with Crippen molar-refractivity contribution in [3.05, 3.63) is 23.8 Å². The lowest BCUT2D eigenvalue weighted by molar-refractivity contribution is -0.126. The second kappa shape index (κ2) is 9.12. The molecule has 122 valence electrons. The number of carbonyl (C=O) groups excluding carboxylic acids is 2. The molecule has 0 spiro atoms. The molecule has 2 N–H and O–H groups in total. The van der Waals surface area contributed by atoms with Crippen molar-refractivity contribution in [1.82, 2.24) is 10.0 Å². The highest BCUT2D eigenvalue weighted by Gasteiger charge is 2.30. The quantitative estimate of drug-likeness (QED) is 0.385. The molecule has 2 amide bonds. The molecular weight excluding hydrogens is 300 g/mol. The van der Waals surface area contributed by atoms with Gasteiger partial charge in [-0.2, -0.15) is 0 Å². The molecule has 2 atom stereocenters. The molecule has 0 aromatic rings. The molecule has 6 heteroatoms. The van der Waals surface area contributed by atoms with E-state index in [1.807, 2.05) is 0 Å². The number of ether oxygens (including phenoxy) is 1. The molecule has 1 heterocycles. The summed E-state index contributed by atoms with van der Waals surface area (Å²) in [5.41, 5.74) is 1.35. The largest absolute Gasteiger partial charge is 0.381 e. The van der Waals surface area contributed by atoms with Gasteiger partial charge >= 0.3 is 0 Å². The molecule has 2 aliphatic rings. The van der Waals surface area contributed by atoms with E-state index in [1.165, 1.54) is 5.57 Å². The molecule has 0 radical (unpaired) electrons. The van der Waals surface area contributed by atoms with E-state index in [0.717, 1.165) is 25.0 Å². The third-order valence-corrected chi connectivity index (χ3v) is 4.72. The molecule has 22 heavy (non-hydrogen) atoms. The predicted octanol–water partition coefficient (Wildman–Crippen LogP) is 1.96. The first-order valence-electron chi connectivity index (χ1n) is 7.82. The van der Waals surface area contributed by atoms with Crippen molar-refractivity contribution in [3.8, 4) is 0 Å². The minimum atomic E-state index is -0.302. The number of amides is 2. The lowest BCUT2D eigenvalue weighted by atomic mass is 10.0. The minimum Gasteiger partial charge on any atom is -0.381 e. The van der Waals surface area contributed by atoms with E-state index in [0.29, 0.717) is 19.3 Å². The van der Waals surface area contributed by atoms with Gasteiger partial charge in [0.25, 0.3) is 0 Å². The Morgan fingerprint density at radius 2 is 2.32 bits per heavy atom. The Hall–Kier alpha value is -1.11. The normalized spacial score (nSPS) is 22.6. The van der Waals surface area contributed by atoms with Crippen LogP contribution >= 0.6 is 11.9 Å². The topological polar surface area (TPSA) is 67.4 Å². The van der Waals surface area contributed by atoms with Crippen LogP contribution in [0.5, 0.6) is 0 Å². The molecule has 0 aromatic heterocycles. The number of carbonyl (C=O) groups is 2. The van der Waals surface area contributed by atoms with Gasteiger partial charge in [-0.25, -0.2) is 0 Å². The van der Waals surface area contributed by atoms with E-state index in [4.69, 9.17) is 4.74 Å². The number of rotatable bonds is 9. The molecular formula is C16H24N2O3S. The Bertz CT molecular complexity index is 462. The van der Waals surface area contributed by atoms with Crippen molar-refractivity contribution in [2.24, 2.45) is 5.92 Å². The fourth-order valence-electron chi connectivity index (χ4n) is 2.41. The van der Waals surface area contributed by atoms with Gasteiger partial charge < -0.3 is 4.74 Å². The summed E-state index contributed by atoms with van der Waals surface area (Å²) in [4.78, 5) is 22.4. The second-order valence-electron chi connectivity index (χ2n) is 5.61. The first kappa shape index (κ1) is 17.2. The SMILES string of the molecule is CC(NSCCCOCC1CC(=O)NC1=O)C1=CCCC=C1. The van der Waals surface area contributed by atoms with Crippen LogP contribution in [0, 0.1) is 5.92 Å². The van der Waals surface area contributed by atoms with Gasteiger partial charge in [-0.05, 0) is 31.8 Å². The Morgan fingerprint density at radius 3 is 3.00 bits per heavy atom. The van der Waals surface area contributed by atoms with Gasteiger partial charge in [0.2, 0.25) is 11.8 Å². The van der Waals surface area contributed by atoms with Crippen molar-refractivity contribution in [2.75, 3.05) is 19.0 Å². The lowest BCUT2D eigenvalue weighted by Gasteiger charge is -2.16. The van der Waals surface area contributed by atoms with Gasteiger partial charge in [0.1, 0.15) is 0 Å². The van der Waals surface area contributed by atoms with Crippen molar-refractivity contribution >= 4 is 23.8 Å². The van der Waals surface area contributed by atoms with Crippen LogP contribution in [0.2, 0.25) is 0 Å². The first-order valence-corrected chi connectivity index (χ1v) is 8.80. The maximum atomic E-state index is 11.3. The summed E-state index contributed by atoms with van der Waals surface area (Å²) in [5.74, 6) is 0.252. The van der Waals surface area contributed by atoms with Crippen LogP contribution in [-0.2, 0) is 14.3 Å². The van der Waals surface area contributed by atoms with Gasteiger partial charge in [0.15, 0.2) is 0 Å². The predicted molar refractivity (Wildman–Crippen MR) is 88.2 cm³/mol. The summed E-state index contributed by atoms with van der Waals surface area (Å²) in [6, 6.07) is 0.357. The monoisotopic (exact) mass is 324 g/mol. The van der Waals surface area contributed by atoms with Crippen molar-refractivity contribution in [2.45, 2.75) is 38.6 Å². The van der Waals surface area contributed by atoms with Crippen LogP contribution in [0.3, 0.4) is 0 Å². The van der Waals surface area contributed by atoms with Crippen LogP contribution in [0.25, 0.3) is 0 Å². The van der Waals surface area contributed by atoms with Crippen LogP contribution < -0.4 is 10.0 Å². The van der Waals surface area contributed by atoms with E-state index in [-0.39, 0.29) is 24.2 Å². The molecule has 1 aliphatic carbocycles. The lowest BCUT2D eigenvalue weighted by Crippen LogP contribution is -2.24. The third kappa shape index (κ3) is 5.59. The highest BCUT2D eigenvalue weighted by atomic mass is 32.2. The summed E-state index contributed by atoms with van der Waals surface area (Å²) in [6.07, 6.45) is 10.2. The number of hydrogen-bond acceptors (Lipinski definition) is 5. The zero-order valence-electron chi connectivity index (χ0n) is 13.0. The molecule has 2 unspecified atom stereocenters. The molecule has 1 fully saturated rings. The van der Waals surface area contributed by atoms with Crippen molar-refractivity contribution < 1.29 is 14.3 Å². The highest BCUT2D eigenvalue weighted by Crippen LogP contribution is 2.15. The molecule has 1 aliphatic heterocycles. The van der Waals surface area contributed by atoms with Gasteiger partial charge in [-0.3, -0.25) is 19.6 Å². The second-order valence-corrected chi connectivity index (χ2v) is 6.55. The van der Waals surface area contributed by atoms with E-state index < -0.39 is 0 Å². The average Bonchev–Trinajstić information content (AvgIpc) is 2.84. The van der Waals surface area contributed by atoms with E-state index >= 15 is 0 Å². The number of imide groups is 1. The molecule has 5 nitrogen and oxygen atoms in total. The standard InChI is InChI=1S/C16H24N2O3S/c1-12(13-6-3-2-4-7-13)18-22-9-5-8-21-11-14-10-15(19)17-16(14)20/h3,6-7,12,14,18H,2,4-5,8-11H2,1H3,(H,17,19,20). The van der Waals surface area contributed by atoms with Crippen LogP contribution in [-0.4, -0.2) is 36.8 Å². The summed E-state index contributed by atoms with van der Waals surface area (Å²) < 4.78 is 8.91. The zero-order chi connectivity index (χ0) is 15.8. The molecule has 0 saturated carbocycles. The number of nitrogens with one attached hydrogen (secondary N) is 2. The molecule has 1 saturated heterocycles. The number of allylic oxidation sites excluding steroid dienone is 2. The summed E-state index contributed by atoms with van der Waals surface area (Å²) >= 11 is 1.70. The van der Waals surface area contributed by atoms with Gasteiger partial charge in [0.05, 0.1) is 12.5 Å². The fourth-order valence-corrected chi connectivity index (χ4v) is 3.17. The molecule has 2 rings (SSSR count). The summed E-state index contributed by atoms with van der Waals surface area (Å²) in [6.45, 7) is 3.12. The minimum absolute atomic E-state index is 0.196. The third-order valence-electron chi connectivity index (χ3n) is 3.70. The number of hydrogen-bond donors (Lipinski definition) is 2. The maximum absolute atomic E-state index is 11.3. The van der Waals surface area contributed by atoms with E-state index in [1.54, 1.807) is 11.9 Å². The fraction of sp³-hybridized carbons (Fsp3) is 0.625. The van der Waals surface area contributed by atoms with E-state index in [2.05, 4.69) is 35.2 Å². The Kier molecular flexibility index (Phi) is 7.15. The van der Waals surface area contributed by atoms with Gasteiger partial charge in [-0.1, -0.05) is 30.2 Å². The Labute approximate surface area is 136 Å². The van der Waals surface area contributed by atoms with Crippen molar-refractivity contribution in [1.29, 1.82) is 0 Å². The highest BCUT2D eigenvalue weighted by molar-refractivity contribution is 7.97. The van der Waals surface area contributed by atoms with Crippen LogP contribution in [0.4, 0.5) is 0 Å². The van der Waals surface area contributed by atoms with Gasteiger partial charge in [-0.15, -0.1) is 0 Å². The summed E-state index contributed by atoms with van der Waals surface area (Å²) in [5, 5.41) is 2.29. The van der Waals surface area contributed by atoms with Crippen LogP contribution in [0.1, 0.15) is 32.6 Å². The zero-order valence-corrected chi connectivity index (χ0v) is 13.8. The smallest absolute Gasteiger partial charge is 0.232 e. The van der Waals surface area contributed by atoms with Crippen molar-refractivity contribution in [3.63, 3.8) is 0 Å². The summed E-state index contributed by atoms with van der Waals surface area (Å²) in [7, 11) is 0. The Morgan fingerprint density at radius 1 is 1.45 bits per heavy atom. The maximum Gasteiger partial charge on any atom is 0.232 e. The average molecular weight is 324 g/mol. The molecule has 0 bridgehead atoms. The van der Waals surface area contributed by atoms with Crippen LogP contribution in [0.15, 0.2) is 23.8 Å². The molecule has 0 aromatic carbocycles. The van der Waals surface area contributed by atoms with Gasteiger partial charge in [0, 0.05) is 24.8 Å². The first-order chi connectivity index (χ1) is 10.7. The Balaban J connectivity index is 1.47.